The van der Waals surface area contributed by atoms with Crippen LogP contribution in [-0.2, 0) is 28.6 Å². The molecule has 6 heteroatoms. The van der Waals surface area contributed by atoms with Crippen molar-refractivity contribution in [1.82, 2.24) is 0 Å². The van der Waals surface area contributed by atoms with Crippen LogP contribution in [0, 0.1) is 0 Å². The Labute approximate surface area is 344 Å². The van der Waals surface area contributed by atoms with Crippen molar-refractivity contribution < 1.29 is 28.6 Å². The van der Waals surface area contributed by atoms with Crippen LogP contribution in [-0.4, -0.2) is 37.2 Å². The van der Waals surface area contributed by atoms with Gasteiger partial charge in [-0.15, -0.1) is 0 Å². The molecule has 0 fully saturated rings. The first-order valence-corrected chi connectivity index (χ1v) is 22.6. The summed E-state index contributed by atoms with van der Waals surface area (Å²) >= 11 is 0. The molecule has 0 amide bonds. The second kappa shape index (κ2) is 44.3. The molecule has 0 aliphatic rings. The molecule has 0 bridgehead atoms. The monoisotopic (exact) mass is 779 g/mol. The zero-order valence-corrected chi connectivity index (χ0v) is 36.1. The first kappa shape index (κ1) is 52.6. The van der Waals surface area contributed by atoms with Crippen LogP contribution in [0.1, 0.15) is 194 Å². The molecule has 1 unspecified atom stereocenters. The number of rotatable bonds is 39. The molecule has 0 rings (SSSR count). The minimum absolute atomic E-state index is 0.107. The predicted octanol–water partition coefficient (Wildman–Crippen LogP) is 14.5. The summed E-state index contributed by atoms with van der Waals surface area (Å²) in [5, 5.41) is 0. The van der Waals surface area contributed by atoms with Crippen molar-refractivity contribution >= 4 is 17.9 Å². The maximum atomic E-state index is 12.7. The van der Waals surface area contributed by atoms with Crippen LogP contribution in [0.2, 0.25) is 0 Å². The summed E-state index contributed by atoms with van der Waals surface area (Å²) in [6.07, 6.45) is 55.7. The third-order valence-corrected chi connectivity index (χ3v) is 9.15. The van der Waals surface area contributed by atoms with Gasteiger partial charge in [0.25, 0.3) is 0 Å². The molecule has 0 aromatic rings. The third-order valence-electron chi connectivity index (χ3n) is 9.15. The zero-order valence-electron chi connectivity index (χ0n) is 36.1. The molecule has 0 aromatic heterocycles. The van der Waals surface area contributed by atoms with E-state index in [0.29, 0.717) is 19.3 Å². The van der Waals surface area contributed by atoms with Gasteiger partial charge in [0.2, 0.25) is 0 Å². The van der Waals surface area contributed by atoms with E-state index in [0.717, 1.165) is 96.3 Å². The Morgan fingerprint density at radius 3 is 1.14 bits per heavy atom. The minimum Gasteiger partial charge on any atom is -0.462 e. The van der Waals surface area contributed by atoms with Crippen molar-refractivity contribution in [2.45, 2.75) is 200 Å². The molecule has 0 saturated carbocycles. The number of allylic oxidation sites excluding steroid dienone is 14. The van der Waals surface area contributed by atoms with Crippen LogP contribution in [0.4, 0.5) is 0 Å². The molecule has 0 aromatic carbocycles. The number of hydrogen-bond donors (Lipinski definition) is 0. The second-order valence-electron chi connectivity index (χ2n) is 14.5. The summed E-state index contributed by atoms with van der Waals surface area (Å²) in [7, 11) is 0. The summed E-state index contributed by atoms with van der Waals surface area (Å²) in [5.41, 5.74) is 0. The highest BCUT2D eigenvalue weighted by molar-refractivity contribution is 5.71. The van der Waals surface area contributed by atoms with Crippen molar-refractivity contribution in [2.24, 2.45) is 0 Å². The highest BCUT2D eigenvalue weighted by Crippen LogP contribution is 2.13. The Morgan fingerprint density at radius 1 is 0.375 bits per heavy atom. The lowest BCUT2D eigenvalue weighted by molar-refractivity contribution is -0.167. The van der Waals surface area contributed by atoms with Gasteiger partial charge in [-0.3, -0.25) is 14.4 Å². The lowest BCUT2D eigenvalue weighted by Crippen LogP contribution is -2.30. The van der Waals surface area contributed by atoms with E-state index in [1.54, 1.807) is 0 Å². The van der Waals surface area contributed by atoms with Gasteiger partial charge in [-0.05, 0) is 83.5 Å². The highest BCUT2D eigenvalue weighted by atomic mass is 16.6. The van der Waals surface area contributed by atoms with E-state index in [2.05, 4.69) is 106 Å². The molecule has 0 spiro atoms. The fourth-order valence-electron chi connectivity index (χ4n) is 5.81. The molecule has 318 valence electrons. The first-order chi connectivity index (χ1) is 27.5. The standard InChI is InChI=1S/C50H82O6/c1-4-7-10-13-16-19-22-23-24-25-26-29-31-34-37-40-43-49(52)55-46-47(56-50(53)44-41-38-35-32-28-21-18-15-12-9-6-3)45-54-48(51)42-39-36-33-30-27-20-17-14-11-8-5-2/h7,9-10,12,16,18-19,21,23-24,26,29,32,35,47H,4-6,8,11,13-15,17,20,22,25,27-28,30-31,33-34,36-46H2,1-3H3/b10-7-,12-9-,19-16-,21-18-,24-23-,29-26-,35-32-. The number of hydrogen-bond acceptors (Lipinski definition) is 6. The van der Waals surface area contributed by atoms with Gasteiger partial charge in [0.15, 0.2) is 6.10 Å². The molecule has 6 nitrogen and oxygen atoms in total. The number of ether oxygens (including phenoxy) is 3. The van der Waals surface area contributed by atoms with Gasteiger partial charge >= 0.3 is 17.9 Å². The molecular weight excluding hydrogens is 697 g/mol. The summed E-state index contributed by atoms with van der Waals surface area (Å²) in [5.74, 6) is -1.00. The molecule has 0 heterocycles. The Bertz CT molecular complexity index is 1120. The van der Waals surface area contributed by atoms with Gasteiger partial charge in [-0.1, -0.05) is 176 Å². The maximum Gasteiger partial charge on any atom is 0.306 e. The Morgan fingerprint density at radius 2 is 0.714 bits per heavy atom. The van der Waals surface area contributed by atoms with E-state index in [1.165, 1.54) is 51.4 Å². The van der Waals surface area contributed by atoms with Gasteiger partial charge in [0, 0.05) is 19.3 Å². The van der Waals surface area contributed by atoms with Crippen LogP contribution in [0.3, 0.4) is 0 Å². The molecule has 0 aliphatic carbocycles. The summed E-state index contributed by atoms with van der Waals surface area (Å²) in [6, 6.07) is 0. The van der Waals surface area contributed by atoms with Gasteiger partial charge in [0.1, 0.15) is 13.2 Å². The lowest BCUT2D eigenvalue weighted by atomic mass is 10.1. The SMILES string of the molecule is CC/C=C\C/C=C\C/C=C\C/C=C\CCCCCC(=O)OCC(COC(=O)CCCCCCCCCCCCC)OC(=O)CCC/C=C\C/C=C\C/C=C\CC. The van der Waals surface area contributed by atoms with E-state index in [4.69, 9.17) is 14.2 Å². The number of esters is 3. The largest absolute Gasteiger partial charge is 0.462 e. The first-order valence-electron chi connectivity index (χ1n) is 22.6. The van der Waals surface area contributed by atoms with Crippen molar-refractivity contribution in [3.05, 3.63) is 85.1 Å². The highest BCUT2D eigenvalue weighted by Gasteiger charge is 2.19. The number of carbonyl (C=O) groups is 3. The second-order valence-corrected chi connectivity index (χ2v) is 14.5. The average Bonchev–Trinajstić information content (AvgIpc) is 3.19. The van der Waals surface area contributed by atoms with Crippen LogP contribution in [0.5, 0.6) is 0 Å². The lowest BCUT2D eigenvalue weighted by Gasteiger charge is -2.18. The molecule has 0 radical (unpaired) electrons. The van der Waals surface area contributed by atoms with Crippen molar-refractivity contribution in [1.29, 1.82) is 0 Å². The van der Waals surface area contributed by atoms with Gasteiger partial charge < -0.3 is 14.2 Å². The molecule has 1 atom stereocenters. The van der Waals surface area contributed by atoms with Crippen molar-refractivity contribution in [3.8, 4) is 0 Å². The Balaban J connectivity index is 4.49. The quantitative estimate of drug-likeness (QED) is 0.0268. The summed E-state index contributed by atoms with van der Waals surface area (Å²) in [6.45, 7) is 6.30. The van der Waals surface area contributed by atoms with Crippen LogP contribution < -0.4 is 0 Å². The smallest absolute Gasteiger partial charge is 0.306 e. The molecular formula is C50H82O6. The minimum atomic E-state index is -0.812. The van der Waals surface area contributed by atoms with Gasteiger partial charge in [-0.2, -0.15) is 0 Å². The van der Waals surface area contributed by atoms with Gasteiger partial charge in [-0.25, -0.2) is 0 Å². The van der Waals surface area contributed by atoms with E-state index in [-0.39, 0.29) is 37.5 Å². The van der Waals surface area contributed by atoms with E-state index in [9.17, 15) is 14.4 Å². The third kappa shape index (κ3) is 41.7. The summed E-state index contributed by atoms with van der Waals surface area (Å²) in [4.78, 5) is 37.7. The average molecular weight is 779 g/mol. The number of unbranched alkanes of at least 4 members (excludes halogenated alkanes) is 14. The molecule has 0 aliphatic heterocycles. The maximum absolute atomic E-state index is 12.7. The molecule has 56 heavy (non-hydrogen) atoms. The van der Waals surface area contributed by atoms with Crippen molar-refractivity contribution in [2.75, 3.05) is 13.2 Å². The van der Waals surface area contributed by atoms with E-state index < -0.39 is 6.10 Å². The summed E-state index contributed by atoms with van der Waals surface area (Å²) < 4.78 is 16.6. The van der Waals surface area contributed by atoms with Crippen LogP contribution in [0.25, 0.3) is 0 Å². The Hall–Kier alpha value is -3.41. The zero-order chi connectivity index (χ0) is 40.8. The predicted molar refractivity (Wildman–Crippen MR) is 237 cm³/mol. The number of carbonyl (C=O) groups excluding carboxylic acids is 3. The molecule has 0 saturated heterocycles. The fourth-order valence-corrected chi connectivity index (χ4v) is 5.81. The molecule has 0 N–H and O–H groups in total. The van der Waals surface area contributed by atoms with Crippen LogP contribution >= 0.6 is 0 Å². The topological polar surface area (TPSA) is 78.9 Å². The Kier molecular flexibility index (Phi) is 41.6. The van der Waals surface area contributed by atoms with Crippen molar-refractivity contribution in [3.63, 3.8) is 0 Å². The van der Waals surface area contributed by atoms with Crippen LogP contribution in [0.15, 0.2) is 85.1 Å². The normalized spacial score (nSPS) is 12.8. The van der Waals surface area contributed by atoms with E-state index in [1.807, 2.05) is 0 Å². The van der Waals surface area contributed by atoms with E-state index >= 15 is 0 Å². The van der Waals surface area contributed by atoms with Gasteiger partial charge in [0.05, 0.1) is 0 Å². The fraction of sp³-hybridized carbons (Fsp3) is 0.660.